The van der Waals surface area contributed by atoms with E-state index in [1.165, 1.54) is 12.8 Å². The van der Waals surface area contributed by atoms with Gasteiger partial charge in [0.1, 0.15) is 0 Å². The van der Waals surface area contributed by atoms with Crippen molar-refractivity contribution in [3.63, 3.8) is 0 Å². The first-order valence-electron chi connectivity index (χ1n) is 4.42. The van der Waals surface area contributed by atoms with Gasteiger partial charge in [0.05, 0.1) is 0 Å². The van der Waals surface area contributed by atoms with Crippen molar-refractivity contribution in [1.82, 2.24) is 5.01 Å². The fourth-order valence-corrected chi connectivity index (χ4v) is 0.428. The van der Waals surface area contributed by atoms with Gasteiger partial charge in [-0.3, -0.25) is 5.84 Å². The molecule has 4 N–H and O–H groups in total. The molecule has 3 nitrogen and oxygen atoms in total. The lowest BCUT2D eigenvalue weighted by Gasteiger charge is -2.07. The Hall–Kier alpha value is -0.120. The van der Waals surface area contributed by atoms with E-state index in [1.807, 2.05) is 13.8 Å². The summed E-state index contributed by atoms with van der Waals surface area (Å²) in [6.45, 7) is 8.92. The van der Waals surface area contributed by atoms with Gasteiger partial charge in [0, 0.05) is 13.1 Å². The quantitative estimate of drug-likeness (QED) is 0.477. The fraction of sp³-hybridized carbons (Fsp3) is 1.00. The largest absolute Gasteiger partial charge is 0.330 e. The second-order valence-corrected chi connectivity index (χ2v) is 2.36. The minimum absolute atomic E-state index is 0.844. The average Bonchev–Trinajstić information content (AvgIpc) is 2.06. The smallest absolute Gasteiger partial charge is 0.00996 e. The third-order valence-corrected chi connectivity index (χ3v) is 1.37. The zero-order valence-electron chi connectivity index (χ0n) is 8.14. The standard InChI is InChI=1S/C4H12N2.C4H11N/c1-3-6(5)4-2;1-2-3-4-5/h3-5H2,1-2H3;2-5H2,1H3. The number of hydrazine groups is 1. The fourth-order valence-electron chi connectivity index (χ4n) is 0.428. The third-order valence-electron chi connectivity index (χ3n) is 1.37. The Kier molecular flexibility index (Phi) is 15.4. The number of unbranched alkanes of at least 4 members (excludes halogenated alkanes) is 1. The molecule has 0 aliphatic carbocycles. The van der Waals surface area contributed by atoms with E-state index in [4.69, 9.17) is 11.6 Å². The topological polar surface area (TPSA) is 55.3 Å². The van der Waals surface area contributed by atoms with Crippen LogP contribution < -0.4 is 11.6 Å². The summed E-state index contributed by atoms with van der Waals surface area (Å²) >= 11 is 0. The first-order valence-corrected chi connectivity index (χ1v) is 4.42. The van der Waals surface area contributed by atoms with Crippen LogP contribution in [0.3, 0.4) is 0 Å². The van der Waals surface area contributed by atoms with Crippen molar-refractivity contribution in [2.45, 2.75) is 33.6 Å². The summed E-state index contributed by atoms with van der Waals surface area (Å²) < 4.78 is 0. The van der Waals surface area contributed by atoms with Crippen molar-refractivity contribution in [2.24, 2.45) is 11.6 Å². The molecule has 0 aromatic rings. The predicted octanol–water partition coefficient (Wildman–Crippen LogP) is 0.947. The number of hydrogen-bond acceptors (Lipinski definition) is 3. The zero-order valence-corrected chi connectivity index (χ0v) is 8.14. The lowest BCUT2D eigenvalue weighted by atomic mass is 10.3. The molecule has 0 bridgehead atoms. The Bertz CT molecular complexity index is 51.3. The highest BCUT2D eigenvalue weighted by atomic mass is 15.4. The second-order valence-electron chi connectivity index (χ2n) is 2.36. The third kappa shape index (κ3) is 17.7. The van der Waals surface area contributed by atoms with E-state index in [1.54, 1.807) is 5.01 Å². The molecule has 0 unspecified atom stereocenters. The second kappa shape index (κ2) is 12.5. The highest BCUT2D eigenvalue weighted by molar-refractivity contribution is 4.32. The number of rotatable bonds is 4. The molecule has 0 aromatic heterocycles. The summed E-state index contributed by atoms with van der Waals surface area (Å²) in [6.07, 6.45) is 2.39. The van der Waals surface area contributed by atoms with Crippen molar-refractivity contribution >= 4 is 0 Å². The maximum atomic E-state index is 5.31. The summed E-state index contributed by atoms with van der Waals surface area (Å²) in [5.74, 6) is 5.31. The van der Waals surface area contributed by atoms with E-state index in [0.717, 1.165) is 19.6 Å². The molecule has 3 heteroatoms. The maximum Gasteiger partial charge on any atom is 0.00996 e. The molecule has 0 aliphatic rings. The molecular formula is C8H23N3. The molecule has 0 heterocycles. The minimum atomic E-state index is 0.844. The van der Waals surface area contributed by atoms with Crippen LogP contribution >= 0.6 is 0 Å². The van der Waals surface area contributed by atoms with Gasteiger partial charge in [-0.25, -0.2) is 5.01 Å². The Morgan fingerprint density at radius 2 is 1.55 bits per heavy atom. The maximum absolute atomic E-state index is 5.31. The van der Waals surface area contributed by atoms with Crippen LogP contribution in [0.25, 0.3) is 0 Å². The molecule has 0 fully saturated rings. The van der Waals surface area contributed by atoms with Crippen molar-refractivity contribution in [3.8, 4) is 0 Å². The van der Waals surface area contributed by atoms with Crippen LogP contribution in [-0.2, 0) is 0 Å². The van der Waals surface area contributed by atoms with Gasteiger partial charge in [-0.15, -0.1) is 0 Å². The van der Waals surface area contributed by atoms with Crippen LogP contribution in [0.2, 0.25) is 0 Å². The SMILES string of the molecule is CCCCN.CCN(N)CC. The lowest BCUT2D eigenvalue weighted by Crippen LogP contribution is -2.29. The van der Waals surface area contributed by atoms with E-state index in [9.17, 15) is 0 Å². The Morgan fingerprint density at radius 3 is 1.55 bits per heavy atom. The monoisotopic (exact) mass is 161 g/mol. The lowest BCUT2D eigenvalue weighted by molar-refractivity contribution is 0.316. The Labute approximate surface area is 70.7 Å². The van der Waals surface area contributed by atoms with E-state index < -0.39 is 0 Å². The summed E-state index contributed by atoms with van der Waals surface area (Å²) in [5.41, 5.74) is 5.14. The van der Waals surface area contributed by atoms with Crippen LogP contribution in [-0.4, -0.2) is 24.6 Å². The first-order chi connectivity index (χ1) is 5.22. The van der Waals surface area contributed by atoms with E-state index in [0.29, 0.717) is 0 Å². The zero-order chi connectivity index (χ0) is 9.11. The molecule has 0 radical (unpaired) electrons. The minimum Gasteiger partial charge on any atom is -0.330 e. The van der Waals surface area contributed by atoms with Gasteiger partial charge in [-0.1, -0.05) is 27.2 Å². The van der Waals surface area contributed by atoms with Crippen LogP contribution in [0.15, 0.2) is 0 Å². The number of hydrogen-bond donors (Lipinski definition) is 2. The van der Waals surface area contributed by atoms with Gasteiger partial charge >= 0.3 is 0 Å². The van der Waals surface area contributed by atoms with Crippen LogP contribution in [0, 0.1) is 0 Å². The molecule has 0 aliphatic heterocycles. The normalized spacial score (nSPS) is 9.27. The Balaban J connectivity index is 0. The summed E-state index contributed by atoms with van der Waals surface area (Å²) in [5, 5.41) is 1.75. The van der Waals surface area contributed by atoms with Gasteiger partial charge in [-0.2, -0.15) is 0 Å². The molecule has 0 spiro atoms. The number of nitrogens with two attached hydrogens (primary N) is 2. The average molecular weight is 161 g/mol. The van der Waals surface area contributed by atoms with Crippen molar-refractivity contribution in [3.05, 3.63) is 0 Å². The molecule has 0 amide bonds. The summed E-state index contributed by atoms with van der Waals surface area (Å²) in [7, 11) is 0. The van der Waals surface area contributed by atoms with Gasteiger partial charge < -0.3 is 5.73 Å². The summed E-state index contributed by atoms with van der Waals surface area (Å²) in [4.78, 5) is 0. The molecular weight excluding hydrogens is 138 g/mol. The Morgan fingerprint density at radius 1 is 1.09 bits per heavy atom. The molecule has 0 aromatic carbocycles. The van der Waals surface area contributed by atoms with Crippen LogP contribution in [0.5, 0.6) is 0 Å². The predicted molar refractivity (Wildman–Crippen MR) is 51.1 cm³/mol. The molecule has 0 atom stereocenters. The molecule has 0 rings (SSSR count). The van der Waals surface area contributed by atoms with Gasteiger partial charge in [0.25, 0.3) is 0 Å². The summed E-state index contributed by atoms with van der Waals surface area (Å²) in [6, 6.07) is 0. The van der Waals surface area contributed by atoms with E-state index in [-0.39, 0.29) is 0 Å². The highest BCUT2D eigenvalue weighted by Gasteiger charge is 1.82. The number of nitrogens with zero attached hydrogens (tertiary/aromatic N) is 1. The van der Waals surface area contributed by atoms with Crippen molar-refractivity contribution in [2.75, 3.05) is 19.6 Å². The van der Waals surface area contributed by atoms with E-state index in [2.05, 4.69) is 6.92 Å². The van der Waals surface area contributed by atoms with Gasteiger partial charge in [-0.05, 0) is 13.0 Å². The molecule has 0 saturated heterocycles. The van der Waals surface area contributed by atoms with Crippen molar-refractivity contribution < 1.29 is 0 Å². The van der Waals surface area contributed by atoms with Gasteiger partial charge in [0.2, 0.25) is 0 Å². The molecule has 11 heavy (non-hydrogen) atoms. The first kappa shape index (κ1) is 13.5. The molecule has 0 saturated carbocycles. The van der Waals surface area contributed by atoms with Crippen LogP contribution in [0.4, 0.5) is 0 Å². The molecule has 70 valence electrons. The van der Waals surface area contributed by atoms with Crippen molar-refractivity contribution in [1.29, 1.82) is 0 Å². The van der Waals surface area contributed by atoms with Gasteiger partial charge in [0.15, 0.2) is 0 Å². The highest BCUT2D eigenvalue weighted by Crippen LogP contribution is 1.77. The van der Waals surface area contributed by atoms with Crippen LogP contribution in [0.1, 0.15) is 33.6 Å². The van der Waals surface area contributed by atoms with E-state index >= 15 is 0 Å².